The molecule has 1 aromatic rings. The van der Waals surface area contributed by atoms with Crippen molar-refractivity contribution in [2.45, 2.75) is 13.0 Å². The van der Waals surface area contributed by atoms with E-state index >= 15 is 0 Å². The number of rotatable bonds is 5. The van der Waals surface area contributed by atoms with Crippen LogP contribution in [0.5, 0.6) is 0 Å². The van der Waals surface area contributed by atoms with Gasteiger partial charge in [0.15, 0.2) is 0 Å². The first-order chi connectivity index (χ1) is 5.79. The van der Waals surface area contributed by atoms with Gasteiger partial charge in [0.1, 0.15) is 6.26 Å². The van der Waals surface area contributed by atoms with Gasteiger partial charge in [-0.1, -0.05) is 5.16 Å². The van der Waals surface area contributed by atoms with Gasteiger partial charge in [-0.25, -0.2) is 0 Å². The monoisotopic (exact) mass is 170 g/mol. The predicted octanol–water partition coefficient (Wildman–Crippen LogP) is 0.239. The van der Waals surface area contributed by atoms with Crippen LogP contribution in [0.15, 0.2) is 16.9 Å². The summed E-state index contributed by atoms with van der Waals surface area (Å²) in [5, 5.41) is 14.9. The minimum Gasteiger partial charge on any atom is -0.481 e. The SMILES string of the molecule is O=C(O)CCNCc1ccon1. The number of aromatic nitrogens is 1. The van der Waals surface area contributed by atoms with Gasteiger partial charge in [0.05, 0.1) is 12.1 Å². The molecule has 5 nitrogen and oxygen atoms in total. The average Bonchev–Trinajstić information content (AvgIpc) is 2.49. The van der Waals surface area contributed by atoms with Crippen LogP contribution in [-0.4, -0.2) is 22.8 Å². The molecule has 12 heavy (non-hydrogen) atoms. The smallest absolute Gasteiger partial charge is 0.304 e. The van der Waals surface area contributed by atoms with Crippen LogP contribution < -0.4 is 5.32 Å². The fourth-order valence-electron chi connectivity index (χ4n) is 0.741. The Morgan fingerprint density at radius 1 is 1.75 bits per heavy atom. The van der Waals surface area contributed by atoms with Crippen molar-refractivity contribution < 1.29 is 14.4 Å². The van der Waals surface area contributed by atoms with Gasteiger partial charge in [-0.2, -0.15) is 0 Å². The number of carboxylic acids is 1. The third-order valence-corrected chi connectivity index (χ3v) is 1.31. The fraction of sp³-hybridized carbons (Fsp3) is 0.429. The second-order valence-corrected chi connectivity index (χ2v) is 2.31. The van der Waals surface area contributed by atoms with E-state index in [2.05, 4.69) is 15.0 Å². The van der Waals surface area contributed by atoms with Gasteiger partial charge in [0.2, 0.25) is 0 Å². The van der Waals surface area contributed by atoms with Crippen LogP contribution in [0, 0.1) is 0 Å². The maximum atomic E-state index is 10.1. The number of aliphatic carboxylic acids is 1. The molecule has 2 N–H and O–H groups in total. The lowest BCUT2D eigenvalue weighted by Crippen LogP contribution is -2.17. The zero-order valence-electron chi connectivity index (χ0n) is 6.49. The van der Waals surface area contributed by atoms with Crippen LogP contribution >= 0.6 is 0 Å². The van der Waals surface area contributed by atoms with E-state index in [0.29, 0.717) is 13.1 Å². The minimum absolute atomic E-state index is 0.123. The van der Waals surface area contributed by atoms with E-state index in [1.807, 2.05) is 0 Å². The highest BCUT2D eigenvalue weighted by molar-refractivity contribution is 5.66. The Morgan fingerprint density at radius 2 is 2.58 bits per heavy atom. The number of nitrogens with one attached hydrogen (secondary N) is 1. The third kappa shape index (κ3) is 3.16. The zero-order valence-corrected chi connectivity index (χ0v) is 6.49. The van der Waals surface area contributed by atoms with Crippen LogP contribution in [0.1, 0.15) is 12.1 Å². The molecule has 0 aliphatic carbocycles. The van der Waals surface area contributed by atoms with Crippen molar-refractivity contribution in [2.75, 3.05) is 6.54 Å². The highest BCUT2D eigenvalue weighted by Crippen LogP contribution is 1.92. The third-order valence-electron chi connectivity index (χ3n) is 1.31. The normalized spacial score (nSPS) is 10.0. The van der Waals surface area contributed by atoms with E-state index in [-0.39, 0.29) is 6.42 Å². The van der Waals surface area contributed by atoms with Crippen LogP contribution in [-0.2, 0) is 11.3 Å². The van der Waals surface area contributed by atoms with Gasteiger partial charge in [-0.3, -0.25) is 4.79 Å². The van der Waals surface area contributed by atoms with Crippen LogP contribution in [0.4, 0.5) is 0 Å². The first kappa shape index (κ1) is 8.73. The summed E-state index contributed by atoms with van der Waals surface area (Å²) in [6.45, 7) is 0.992. The molecule has 0 atom stereocenters. The van der Waals surface area contributed by atoms with Gasteiger partial charge >= 0.3 is 5.97 Å². The Morgan fingerprint density at radius 3 is 3.17 bits per heavy atom. The molecule has 1 aromatic heterocycles. The maximum absolute atomic E-state index is 10.1. The number of hydrogen-bond donors (Lipinski definition) is 2. The van der Waals surface area contributed by atoms with Crippen molar-refractivity contribution in [1.82, 2.24) is 10.5 Å². The molecule has 5 heteroatoms. The van der Waals surface area contributed by atoms with E-state index in [0.717, 1.165) is 5.69 Å². The number of hydrogen-bond acceptors (Lipinski definition) is 4. The van der Waals surface area contributed by atoms with Gasteiger partial charge in [-0.15, -0.1) is 0 Å². The summed E-state index contributed by atoms with van der Waals surface area (Å²) in [6.07, 6.45) is 1.60. The molecule has 0 radical (unpaired) electrons. The largest absolute Gasteiger partial charge is 0.481 e. The molecule has 0 saturated carbocycles. The summed E-state index contributed by atoms with van der Waals surface area (Å²) < 4.78 is 4.59. The standard InChI is InChI=1S/C7H10N2O3/c10-7(11)1-3-8-5-6-2-4-12-9-6/h2,4,8H,1,3,5H2,(H,10,11). The molecule has 0 aliphatic rings. The number of nitrogens with zero attached hydrogens (tertiary/aromatic N) is 1. The highest BCUT2D eigenvalue weighted by Gasteiger charge is 1.97. The van der Waals surface area contributed by atoms with Crippen molar-refractivity contribution in [3.05, 3.63) is 18.0 Å². The first-order valence-corrected chi connectivity index (χ1v) is 3.61. The van der Waals surface area contributed by atoms with Gasteiger partial charge in [0.25, 0.3) is 0 Å². The summed E-state index contributed by atoms with van der Waals surface area (Å²) in [5.41, 5.74) is 0.778. The Labute approximate surface area is 69.4 Å². The summed E-state index contributed by atoms with van der Waals surface area (Å²) in [5.74, 6) is -0.803. The molecule has 1 rings (SSSR count). The Hall–Kier alpha value is -1.36. The van der Waals surface area contributed by atoms with E-state index in [9.17, 15) is 4.79 Å². The lowest BCUT2D eigenvalue weighted by Gasteiger charge is -1.97. The van der Waals surface area contributed by atoms with E-state index < -0.39 is 5.97 Å². The molecule has 0 unspecified atom stereocenters. The summed E-state index contributed by atoms with van der Waals surface area (Å²) in [7, 11) is 0. The molecule has 0 aromatic carbocycles. The van der Waals surface area contributed by atoms with Gasteiger partial charge in [0, 0.05) is 19.2 Å². The summed E-state index contributed by atoms with van der Waals surface area (Å²) in [6, 6.07) is 1.73. The van der Waals surface area contributed by atoms with Gasteiger partial charge in [-0.05, 0) is 0 Å². The predicted molar refractivity (Wildman–Crippen MR) is 40.5 cm³/mol. The van der Waals surface area contributed by atoms with Crippen molar-refractivity contribution in [1.29, 1.82) is 0 Å². The maximum Gasteiger partial charge on any atom is 0.304 e. The van der Waals surface area contributed by atoms with E-state index in [4.69, 9.17) is 5.11 Å². The van der Waals surface area contributed by atoms with Crippen LogP contribution in [0.2, 0.25) is 0 Å². The van der Waals surface area contributed by atoms with Crippen LogP contribution in [0.3, 0.4) is 0 Å². The Kier molecular flexibility index (Phi) is 3.28. The average molecular weight is 170 g/mol. The van der Waals surface area contributed by atoms with Crippen molar-refractivity contribution in [2.24, 2.45) is 0 Å². The van der Waals surface area contributed by atoms with Crippen molar-refractivity contribution in [3.8, 4) is 0 Å². The lowest BCUT2D eigenvalue weighted by molar-refractivity contribution is -0.136. The molecular weight excluding hydrogens is 160 g/mol. The number of carbonyl (C=O) groups is 1. The zero-order chi connectivity index (χ0) is 8.81. The molecule has 1 heterocycles. The molecule has 0 amide bonds. The molecule has 0 bridgehead atoms. The van der Waals surface area contributed by atoms with Gasteiger partial charge < -0.3 is 14.9 Å². The van der Waals surface area contributed by atoms with E-state index in [1.54, 1.807) is 6.07 Å². The number of carboxylic acid groups (broad SMARTS) is 1. The summed E-state index contributed by atoms with van der Waals surface area (Å²) in [4.78, 5) is 10.1. The second kappa shape index (κ2) is 4.50. The molecule has 0 aliphatic heterocycles. The lowest BCUT2D eigenvalue weighted by atomic mass is 10.4. The topological polar surface area (TPSA) is 75.4 Å². The van der Waals surface area contributed by atoms with Crippen molar-refractivity contribution >= 4 is 5.97 Å². The Balaban J connectivity index is 2.07. The second-order valence-electron chi connectivity index (χ2n) is 2.31. The first-order valence-electron chi connectivity index (χ1n) is 3.61. The van der Waals surface area contributed by atoms with Crippen LogP contribution in [0.25, 0.3) is 0 Å². The minimum atomic E-state index is -0.803. The summed E-state index contributed by atoms with van der Waals surface area (Å²) >= 11 is 0. The van der Waals surface area contributed by atoms with Crippen molar-refractivity contribution in [3.63, 3.8) is 0 Å². The molecule has 0 spiro atoms. The highest BCUT2D eigenvalue weighted by atomic mass is 16.5. The molecule has 0 fully saturated rings. The fourth-order valence-corrected chi connectivity index (χ4v) is 0.741. The Bertz CT molecular complexity index is 233. The molecule has 0 saturated heterocycles. The quantitative estimate of drug-likeness (QED) is 0.619. The molecular formula is C7H10N2O3. The molecule has 66 valence electrons. The van der Waals surface area contributed by atoms with E-state index in [1.165, 1.54) is 6.26 Å².